The monoisotopic (exact) mass is 558 g/mol. The Morgan fingerprint density at radius 3 is 2.38 bits per heavy atom. The molecule has 1 amide bonds. The highest BCUT2D eigenvalue weighted by Crippen LogP contribution is 2.38. The molecule has 4 rings (SSSR count). The number of rotatable bonds is 9. The fourth-order valence-corrected chi connectivity index (χ4v) is 7.39. The molecule has 1 N–H and O–H groups in total. The number of hydrogen-bond acceptors (Lipinski definition) is 7. The van der Waals surface area contributed by atoms with Crippen LogP contribution >= 0.6 is 23.1 Å². The van der Waals surface area contributed by atoms with Gasteiger partial charge in [-0.1, -0.05) is 17.7 Å². The molecule has 0 unspecified atom stereocenters. The highest BCUT2D eigenvalue weighted by atomic mass is 32.2. The second kappa shape index (κ2) is 11.7. The molecule has 0 aliphatic heterocycles. The van der Waals surface area contributed by atoms with Crippen molar-refractivity contribution < 1.29 is 22.7 Å². The van der Waals surface area contributed by atoms with Gasteiger partial charge in [-0.2, -0.15) is 0 Å². The summed E-state index contributed by atoms with van der Waals surface area (Å²) in [5.74, 6) is -0.997. The van der Waals surface area contributed by atoms with Crippen molar-refractivity contribution in [2.75, 3.05) is 29.0 Å². The van der Waals surface area contributed by atoms with Crippen LogP contribution in [0.2, 0.25) is 0 Å². The molecule has 0 radical (unpaired) electrons. The average Bonchev–Trinajstić information content (AvgIpc) is 3.25. The van der Waals surface area contributed by atoms with Crippen molar-refractivity contribution >= 4 is 55.7 Å². The number of nitrogens with one attached hydrogen (secondary N) is 1. The van der Waals surface area contributed by atoms with Gasteiger partial charge in [0, 0.05) is 9.77 Å². The smallest absolute Gasteiger partial charge is 0.341 e. The van der Waals surface area contributed by atoms with Crippen LogP contribution in [0.25, 0.3) is 0 Å². The van der Waals surface area contributed by atoms with Crippen molar-refractivity contribution in [3.8, 4) is 0 Å². The molecule has 0 bridgehead atoms. The summed E-state index contributed by atoms with van der Waals surface area (Å²) in [6, 6.07) is 13.6. The van der Waals surface area contributed by atoms with E-state index in [9.17, 15) is 18.0 Å². The van der Waals surface area contributed by atoms with Crippen LogP contribution in [0, 0.1) is 6.92 Å². The third-order valence-corrected chi connectivity index (χ3v) is 9.90. The second-order valence-corrected chi connectivity index (χ2v) is 12.6. The summed E-state index contributed by atoms with van der Waals surface area (Å²) >= 11 is 2.89. The molecule has 1 aromatic heterocycles. The highest BCUT2D eigenvalue weighted by Gasteiger charge is 2.30. The number of ether oxygens (including phenoxy) is 1. The molecular weight excluding hydrogens is 529 g/mol. The van der Waals surface area contributed by atoms with E-state index in [4.69, 9.17) is 4.74 Å². The molecule has 0 atom stereocenters. The van der Waals surface area contributed by atoms with Gasteiger partial charge in [-0.3, -0.25) is 9.10 Å². The largest absolute Gasteiger partial charge is 0.462 e. The summed E-state index contributed by atoms with van der Waals surface area (Å²) in [6.45, 7) is 3.43. The van der Waals surface area contributed by atoms with Gasteiger partial charge in [-0.15, -0.1) is 23.1 Å². The normalized spacial score (nSPS) is 13.1. The quantitative estimate of drug-likeness (QED) is 0.269. The molecule has 0 fully saturated rings. The zero-order valence-electron chi connectivity index (χ0n) is 21.1. The van der Waals surface area contributed by atoms with Crippen LogP contribution in [0.1, 0.15) is 46.1 Å². The molecule has 3 aromatic rings. The Kier molecular flexibility index (Phi) is 8.61. The Morgan fingerprint density at radius 2 is 1.73 bits per heavy atom. The summed E-state index contributed by atoms with van der Waals surface area (Å²) in [5, 5.41) is 3.25. The molecule has 10 heteroatoms. The van der Waals surface area contributed by atoms with Crippen LogP contribution in [-0.2, 0) is 32.4 Å². The maximum atomic E-state index is 13.7. The Bertz CT molecular complexity index is 1380. The lowest BCUT2D eigenvalue weighted by molar-refractivity contribution is -0.114. The minimum atomic E-state index is -4.04. The lowest BCUT2D eigenvalue weighted by atomic mass is 9.95. The summed E-state index contributed by atoms with van der Waals surface area (Å²) < 4.78 is 33.8. The number of fused-ring (bicyclic) bond motifs is 1. The molecule has 1 aliphatic carbocycles. The zero-order valence-corrected chi connectivity index (χ0v) is 23.5. The third-order valence-electron chi connectivity index (χ3n) is 6.16. The van der Waals surface area contributed by atoms with Gasteiger partial charge in [-0.05, 0) is 87.7 Å². The van der Waals surface area contributed by atoms with Gasteiger partial charge in [0.25, 0.3) is 10.0 Å². The van der Waals surface area contributed by atoms with Crippen molar-refractivity contribution in [2.24, 2.45) is 0 Å². The number of carbonyl (C=O) groups is 2. The number of esters is 1. The van der Waals surface area contributed by atoms with E-state index in [2.05, 4.69) is 5.32 Å². The fraction of sp³-hybridized carbons (Fsp3) is 0.333. The van der Waals surface area contributed by atoms with E-state index < -0.39 is 28.4 Å². The van der Waals surface area contributed by atoms with Crippen LogP contribution in [0.3, 0.4) is 0 Å². The lowest BCUT2D eigenvalue weighted by Gasteiger charge is -2.24. The number of aryl methyl sites for hydroxylation is 2. The van der Waals surface area contributed by atoms with E-state index in [1.807, 2.05) is 13.2 Å². The zero-order chi connectivity index (χ0) is 26.6. The van der Waals surface area contributed by atoms with Crippen LogP contribution in [-0.4, -0.2) is 39.7 Å². The van der Waals surface area contributed by atoms with E-state index in [1.165, 1.54) is 23.1 Å². The van der Waals surface area contributed by atoms with Crippen molar-refractivity contribution in [2.45, 2.75) is 49.3 Å². The van der Waals surface area contributed by atoms with E-state index in [0.717, 1.165) is 50.9 Å². The Balaban J connectivity index is 1.66. The fourth-order valence-electron chi connectivity index (χ4n) is 4.27. The number of nitrogens with zero attached hydrogens (tertiary/aromatic N) is 1. The van der Waals surface area contributed by atoms with Gasteiger partial charge in [0.15, 0.2) is 0 Å². The van der Waals surface area contributed by atoms with E-state index in [1.54, 1.807) is 55.5 Å². The van der Waals surface area contributed by atoms with Gasteiger partial charge in [0.2, 0.25) is 5.91 Å². The average molecular weight is 559 g/mol. The molecule has 0 saturated heterocycles. The topological polar surface area (TPSA) is 92.8 Å². The van der Waals surface area contributed by atoms with Crippen LogP contribution < -0.4 is 9.62 Å². The Labute approximate surface area is 226 Å². The maximum Gasteiger partial charge on any atom is 0.341 e. The Hall–Kier alpha value is -2.82. The number of amides is 1. The number of hydrogen-bond donors (Lipinski definition) is 1. The van der Waals surface area contributed by atoms with E-state index in [-0.39, 0.29) is 11.5 Å². The first-order valence-corrected chi connectivity index (χ1v) is 15.6. The molecule has 2 aromatic carbocycles. The molecule has 0 saturated carbocycles. The molecule has 37 heavy (non-hydrogen) atoms. The summed E-state index contributed by atoms with van der Waals surface area (Å²) in [4.78, 5) is 28.2. The summed E-state index contributed by atoms with van der Waals surface area (Å²) in [5.41, 5.74) is 2.68. The SMILES string of the molecule is CCOC(=O)c1c(NC(=O)CN(c2ccc(C)cc2)S(=O)(=O)c2ccc(SC)cc2)sc2c1CCCC2. The Morgan fingerprint density at radius 1 is 1.05 bits per heavy atom. The molecule has 7 nitrogen and oxygen atoms in total. The van der Waals surface area contributed by atoms with Crippen molar-refractivity contribution in [1.29, 1.82) is 0 Å². The first-order valence-electron chi connectivity index (χ1n) is 12.1. The number of benzene rings is 2. The summed E-state index contributed by atoms with van der Waals surface area (Å²) in [6.07, 6.45) is 5.51. The highest BCUT2D eigenvalue weighted by molar-refractivity contribution is 7.98. The predicted molar refractivity (Wildman–Crippen MR) is 149 cm³/mol. The summed E-state index contributed by atoms with van der Waals surface area (Å²) in [7, 11) is -4.04. The van der Waals surface area contributed by atoms with E-state index >= 15 is 0 Å². The van der Waals surface area contributed by atoms with Crippen molar-refractivity contribution in [1.82, 2.24) is 0 Å². The van der Waals surface area contributed by atoms with E-state index in [0.29, 0.717) is 16.3 Å². The first kappa shape index (κ1) is 27.2. The molecule has 1 heterocycles. The number of thioether (sulfide) groups is 1. The first-order chi connectivity index (χ1) is 17.7. The van der Waals surface area contributed by atoms with Crippen molar-refractivity contribution in [3.05, 3.63) is 70.1 Å². The molecular formula is C27H30N2O5S3. The number of thiophene rings is 1. The van der Waals surface area contributed by atoms with Gasteiger partial charge in [0.05, 0.1) is 22.8 Å². The van der Waals surface area contributed by atoms with Crippen LogP contribution in [0.5, 0.6) is 0 Å². The second-order valence-electron chi connectivity index (χ2n) is 8.71. The number of sulfonamides is 1. The van der Waals surface area contributed by atoms with Crippen LogP contribution in [0.15, 0.2) is 58.3 Å². The standard InChI is InChI=1S/C27H30N2O5S3/c1-4-34-27(31)25-22-7-5-6-8-23(22)36-26(25)28-24(30)17-29(19-11-9-18(2)10-12-19)37(32,33)21-15-13-20(35-3)14-16-21/h9-16H,4-8,17H2,1-3H3,(H,28,30). The molecule has 196 valence electrons. The lowest BCUT2D eigenvalue weighted by Crippen LogP contribution is -2.38. The maximum absolute atomic E-state index is 13.7. The van der Waals surface area contributed by atoms with Gasteiger partial charge >= 0.3 is 5.97 Å². The van der Waals surface area contributed by atoms with Gasteiger partial charge in [0.1, 0.15) is 11.5 Å². The van der Waals surface area contributed by atoms with Crippen molar-refractivity contribution in [3.63, 3.8) is 0 Å². The third kappa shape index (κ3) is 6.02. The molecule has 1 aliphatic rings. The van der Waals surface area contributed by atoms with Crippen LogP contribution in [0.4, 0.5) is 10.7 Å². The number of anilines is 2. The number of carbonyl (C=O) groups excluding carboxylic acids is 2. The minimum Gasteiger partial charge on any atom is -0.462 e. The van der Waals surface area contributed by atoms with Gasteiger partial charge < -0.3 is 10.1 Å². The minimum absolute atomic E-state index is 0.0949. The molecule has 0 spiro atoms. The van der Waals surface area contributed by atoms with Gasteiger partial charge in [-0.25, -0.2) is 13.2 Å². The predicted octanol–water partition coefficient (Wildman–Crippen LogP) is 5.67.